The van der Waals surface area contributed by atoms with Gasteiger partial charge in [-0.2, -0.15) is 0 Å². The smallest absolute Gasteiger partial charge is 0.0645 e. The zero-order valence-corrected chi connectivity index (χ0v) is 12.2. The van der Waals surface area contributed by atoms with Gasteiger partial charge in [0.05, 0.1) is 16.8 Å². The van der Waals surface area contributed by atoms with Crippen LogP contribution < -0.4 is 10.6 Å². The highest BCUT2D eigenvalue weighted by Gasteiger charge is 2.26. The summed E-state index contributed by atoms with van der Waals surface area (Å²) in [5, 5.41) is 0.843. The summed E-state index contributed by atoms with van der Waals surface area (Å²) in [6.07, 6.45) is 0. The van der Waals surface area contributed by atoms with Gasteiger partial charge < -0.3 is 15.5 Å². The first-order valence-corrected chi connectivity index (χ1v) is 6.82. The van der Waals surface area contributed by atoms with E-state index in [0.717, 1.165) is 30.3 Å². The number of hydrogen-bond acceptors (Lipinski definition) is 3. The predicted octanol–water partition coefficient (Wildman–Crippen LogP) is 2.04. The second kappa shape index (κ2) is 5.47. The molecule has 1 aliphatic rings. The van der Waals surface area contributed by atoms with Gasteiger partial charge in [-0.25, -0.2) is 0 Å². The van der Waals surface area contributed by atoms with Crippen molar-refractivity contribution >= 4 is 17.3 Å². The normalized spacial score (nSPS) is 21.4. The van der Waals surface area contributed by atoms with Crippen molar-refractivity contribution in [3.8, 4) is 0 Å². The van der Waals surface area contributed by atoms with Gasteiger partial charge in [0.15, 0.2) is 0 Å². The van der Waals surface area contributed by atoms with Gasteiger partial charge in [0.2, 0.25) is 0 Å². The molecule has 1 aliphatic heterocycles. The van der Waals surface area contributed by atoms with Crippen molar-refractivity contribution in [3.63, 3.8) is 0 Å². The Labute approximate surface area is 115 Å². The molecule has 1 unspecified atom stereocenters. The van der Waals surface area contributed by atoms with E-state index in [0.29, 0.717) is 12.6 Å². The summed E-state index contributed by atoms with van der Waals surface area (Å²) in [6, 6.07) is 4.57. The molecule has 0 amide bonds. The first-order valence-electron chi connectivity index (χ1n) is 6.45. The molecule has 1 aromatic rings. The molecular formula is C14H22ClN3. The lowest BCUT2D eigenvalue weighted by Crippen LogP contribution is -2.55. The highest BCUT2D eigenvalue weighted by molar-refractivity contribution is 6.33. The average Bonchev–Trinajstić information content (AvgIpc) is 2.29. The molecular weight excluding hydrogens is 246 g/mol. The summed E-state index contributed by atoms with van der Waals surface area (Å²) < 4.78 is 0. The van der Waals surface area contributed by atoms with Crippen molar-refractivity contribution < 1.29 is 0 Å². The molecule has 1 saturated heterocycles. The van der Waals surface area contributed by atoms with Gasteiger partial charge >= 0.3 is 0 Å². The lowest BCUT2D eigenvalue weighted by molar-refractivity contribution is 0.269. The number of benzene rings is 1. The van der Waals surface area contributed by atoms with Gasteiger partial charge in [0.25, 0.3) is 0 Å². The summed E-state index contributed by atoms with van der Waals surface area (Å²) in [6.45, 7) is 7.91. The minimum Gasteiger partial charge on any atom is -0.363 e. The van der Waals surface area contributed by atoms with Gasteiger partial charge in [-0.05, 0) is 38.1 Å². The number of rotatable bonds is 2. The van der Waals surface area contributed by atoms with Crippen LogP contribution in [0.2, 0.25) is 5.02 Å². The summed E-state index contributed by atoms with van der Waals surface area (Å²) in [7, 11) is 2.14. The molecule has 2 N–H and O–H groups in total. The quantitative estimate of drug-likeness (QED) is 0.890. The van der Waals surface area contributed by atoms with Crippen LogP contribution in [-0.4, -0.2) is 44.2 Å². The van der Waals surface area contributed by atoms with Crippen LogP contribution >= 0.6 is 11.6 Å². The Morgan fingerprint density at radius 2 is 2.06 bits per heavy atom. The molecule has 2 rings (SSSR count). The lowest BCUT2D eigenvalue weighted by Gasteiger charge is -2.42. The van der Waals surface area contributed by atoms with E-state index in [1.165, 1.54) is 11.1 Å². The Balaban J connectivity index is 2.35. The number of aryl methyl sites for hydroxylation is 2. The van der Waals surface area contributed by atoms with Crippen LogP contribution in [0.1, 0.15) is 11.1 Å². The Hall–Kier alpha value is -0.770. The highest BCUT2D eigenvalue weighted by Crippen LogP contribution is 2.33. The SMILES string of the molecule is Cc1cc(C)c(N2CCN(C)CC2CN)c(Cl)c1. The molecule has 100 valence electrons. The minimum absolute atomic E-state index is 0.350. The van der Waals surface area contributed by atoms with Gasteiger partial charge in [-0.15, -0.1) is 0 Å². The highest BCUT2D eigenvalue weighted by atomic mass is 35.5. The van der Waals surface area contributed by atoms with Crippen molar-refractivity contribution in [1.82, 2.24) is 4.90 Å². The second-order valence-electron chi connectivity index (χ2n) is 5.26. The molecule has 1 heterocycles. The average molecular weight is 268 g/mol. The maximum atomic E-state index is 6.43. The Kier molecular flexibility index (Phi) is 4.15. The third-order valence-corrected chi connectivity index (χ3v) is 3.93. The Morgan fingerprint density at radius 1 is 1.33 bits per heavy atom. The molecule has 0 saturated carbocycles. The molecule has 0 radical (unpaired) electrons. The summed E-state index contributed by atoms with van der Waals surface area (Å²) in [4.78, 5) is 4.70. The van der Waals surface area contributed by atoms with E-state index in [1.54, 1.807) is 0 Å². The molecule has 0 bridgehead atoms. The van der Waals surface area contributed by atoms with E-state index in [4.69, 9.17) is 17.3 Å². The Bertz CT molecular complexity index is 410. The van der Waals surface area contributed by atoms with Gasteiger partial charge in [0.1, 0.15) is 0 Å². The van der Waals surface area contributed by atoms with Crippen LogP contribution in [0.15, 0.2) is 12.1 Å². The van der Waals surface area contributed by atoms with E-state index in [2.05, 4.69) is 36.8 Å². The maximum absolute atomic E-state index is 6.43. The van der Waals surface area contributed by atoms with E-state index >= 15 is 0 Å². The second-order valence-corrected chi connectivity index (χ2v) is 5.66. The number of hydrogen-bond donors (Lipinski definition) is 1. The Morgan fingerprint density at radius 3 is 2.67 bits per heavy atom. The van der Waals surface area contributed by atoms with Crippen LogP contribution in [0.4, 0.5) is 5.69 Å². The first kappa shape index (κ1) is 13.7. The fraction of sp³-hybridized carbons (Fsp3) is 0.571. The first-order chi connectivity index (χ1) is 8.52. The van der Waals surface area contributed by atoms with Crippen LogP contribution in [0.25, 0.3) is 0 Å². The maximum Gasteiger partial charge on any atom is 0.0645 e. The number of piperazine rings is 1. The van der Waals surface area contributed by atoms with Crippen molar-refractivity contribution in [1.29, 1.82) is 0 Å². The van der Waals surface area contributed by atoms with Gasteiger partial charge in [-0.1, -0.05) is 17.7 Å². The standard InChI is InChI=1S/C14H22ClN3/c1-10-6-11(2)14(13(15)7-10)18-5-4-17(3)9-12(18)8-16/h6-7,12H,4-5,8-9,16H2,1-3H3. The van der Waals surface area contributed by atoms with Crippen molar-refractivity contribution in [3.05, 3.63) is 28.3 Å². The zero-order valence-electron chi connectivity index (χ0n) is 11.4. The van der Waals surface area contributed by atoms with Crippen molar-refractivity contribution in [2.45, 2.75) is 19.9 Å². The largest absolute Gasteiger partial charge is 0.363 e. The van der Waals surface area contributed by atoms with E-state index in [-0.39, 0.29) is 0 Å². The monoisotopic (exact) mass is 267 g/mol. The number of nitrogens with zero attached hydrogens (tertiary/aromatic N) is 2. The van der Waals surface area contributed by atoms with Crippen LogP contribution in [0.3, 0.4) is 0 Å². The molecule has 0 aromatic heterocycles. The molecule has 0 spiro atoms. The summed E-state index contributed by atoms with van der Waals surface area (Å²) in [5.74, 6) is 0. The fourth-order valence-electron chi connectivity index (χ4n) is 2.78. The van der Waals surface area contributed by atoms with E-state index in [1.807, 2.05) is 6.07 Å². The predicted molar refractivity (Wildman–Crippen MR) is 78.6 cm³/mol. The van der Waals surface area contributed by atoms with Gasteiger partial charge in [0, 0.05) is 26.2 Å². The third kappa shape index (κ3) is 2.63. The topological polar surface area (TPSA) is 32.5 Å². The van der Waals surface area contributed by atoms with E-state index < -0.39 is 0 Å². The molecule has 0 aliphatic carbocycles. The molecule has 3 nitrogen and oxygen atoms in total. The van der Waals surface area contributed by atoms with Gasteiger partial charge in [-0.3, -0.25) is 0 Å². The van der Waals surface area contributed by atoms with Crippen molar-refractivity contribution in [2.75, 3.05) is 38.1 Å². The number of halogens is 1. The zero-order chi connectivity index (χ0) is 13.3. The van der Waals surface area contributed by atoms with Crippen molar-refractivity contribution in [2.24, 2.45) is 5.73 Å². The minimum atomic E-state index is 0.350. The number of likely N-dealkylation sites (N-methyl/N-ethyl adjacent to an activating group) is 1. The number of nitrogens with two attached hydrogens (primary N) is 1. The third-order valence-electron chi connectivity index (χ3n) is 3.64. The molecule has 1 atom stereocenters. The summed E-state index contributed by atoms with van der Waals surface area (Å²) in [5.41, 5.74) is 9.52. The van der Waals surface area contributed by atoms with E-state index in [9.17, 15) is 0 Å². The molecule has 18 heavy (non-hydrogen) atoms. The molecule has 4 heteroatoms. The molecule has 1 fully saturated rings. The van der Waals surface area contributed by atoms with Crippen LogP contribution in [-0.2, 0) is 0 Å². The fourth-order valence-corrected chi connectivity index (χ4v) is 3.21. The van der Waals surface area contributed by atoms with Crippen LogP contribution in [0.5, 0.6) is 0 Å². The van der Waals surface area contributed by atoms with Crippen LogP contribution in [0, 0.1) is 13.8 Å². The summed E-state index contributed by atoms with van der Waals surface area (Å²) >= 11 is 6.43. The lowest BCUT2D eigenvalue weighted by atomic mass is 10.1. The number of anilines is 1. The molecule has 1 aromatic carbocycles.